The molecule has 0 radical (unpaired) electrons. The zero-order chi connectivity index (χ0) is 13.0. The van der Waals surface area contributed by atoms with Gasteiger partial charge in [0.15, 0.2) is 0 Å². The lowest BCUT2D eigenvalue weighted by molar-refractivity contribution is 0.0942. The number of hydrogen-bond acceptors (Lipinski definition) is 4. The van der Waals surface area contributed by atoms with Crippen LogP contribution in [0.15, 0.2) is 0 Å². The number of carbonyl (C=O) groups is 1. The van der Waals surface area contributed by atoms with E-state index in [-0.39, 0.29) is 5.91 Å². The monoisotopic (exact) mass is 239 g/mol. The molecule has 0 fully saturated rings. The number of carbonyl (C=O) groups excluding carboxylic acids is 1. The first kappa shape index (κ1) is 13.5. The number of hydrogen-bond donors (Lipinski definition) is 2. The van der Waals surface area contributed by atoms with Gasteiger partial charge >= 0.3 is 0 Å². The highest BCUT2D eigenvalue weighted by atomic mass is 16.2. The minimum atomic E-state index is -0.168. The summed E-state index contributed by atoms with van der Waals surface area (Å²) in [5.74, 6) is -0.168. The molecule has 0 unspecified atom stereocenters. The molecule has 0 aliphatic carbocycles. The fourth-order valence-electron chi connectivity index (χ4n) is 1.60. The van der Waals surface area contributed by atoms with Gasteiger partial charge in [0.1, 0.15) is 5.69 Å². The molecule has 17 heavy (non-hydrogen) atoms. The molecule has 6 heteroatoms. The van der Waals surface area contributed by atoms with Crippen LogP contribution < -0.4 is 11.1 Å². The molecule has 1 heterocycles. The summed E-state index contributed by atoms with van der Waals surface area (Å²) in [4.78, 5) is 13.9. The number of likely N-dealkylation sites (N-methyl/N-ethyl adjacent to an activating group) is 1. The number of anilines is 1. The van der Waals surface area contributed by atoms with Crippen LogP contribution in [0.25, 0.3) is 0 Å². The van der Waals surface area contributed by atoms with Gasteiger partial charge in [-0.05, 0) is 20.5 Å². The van der Waals surface area contributed by atoms with Crippen molar-refractivity contribution < 1.29 is 4.79 Å². The Bertz CT molecular complexity index is 397. The molecule has 0 aromatic carbocycles. The zero-order valence-corrected chi connectivity index (χ0v) is 10.9. The van der Waals surface area contributed by atoms with Crippen LogP contribution in [0, 0.1) is 0 Å². The Balaban J connectivity index is 2.72. The minimum Gasteiger partial charge on any atom is -0.395 e. The Morgan fingerprint density at radius 1 is 1.53 bits per heavy atom. The summed E-state index contributed by atoms with van der Waals surface area (Å²) >= 11 is 0. The van der Waals surface area contributed by atoms with Crippen molar-refractivity contribution in [1.82, 2.24) is 20.0 Å². The number of nitrogens with two attached hydrogens (primary N) is 1. The molecule has 1 rings (SSSR count). The summed E-state index contributed by atoms with van der Waals surface area (Å²) in [7, 11) is 5.65. The van der Waals surface area contributed by atoms with Crippen LogP contribution in [0.2, 0.25) is 0 Å². The summed E-state index contributed by atoms with van der Waals surface area (Å²) < 4.78 is 1.54. The van der Waals surface area contributed by atoms with Crippen LogP contribution in [0.1, 0.15) is 23.1 Å². The third-order valence-electron chi connectivity index (χ3n) is 2.55. The van der Waals surface area contributed by atoms with Crippen LogP contribution in [0.5, 0.6) is 0 Å². The standard InChI is InChI=1S/C11H21N5O/c1-5-8-9(12)10(16(4)14-8)11(17)13-6-7-15(2)3/h5-7,12H2,1-4H3,(H,13,17). The molecule has 0 bridgehead atoms. The van der Waals surface area contributed by atoms with Gasteiger partial charge < -0.3 is 16.0 Å². The number of nitrogens with zero attached hydrogens (tertiary/aromatic N) is 3. The number of nitrogens with one attached hydrogen (secondary N) is 1. The predicted octanol–water partition coefficient (Wildman–Crippen LogP) is -0.144. The number of rotatable bonds is 5. The van der Waals surface area contributed by atoms with Crippen LogP contribution in [-0.4, -0.2) is 47.8 Å². The highest BCUT2D eigenvalue weighted by molar-refractivity contribution is 5.97. The number of aryl methyl sites for hydroxylation is 2. The number of nitrogen functional groups attached to an aromatic ring is 1. The molecule has 0 saturated heterocycles. The molecular weight excluding hydrogens is 218 g/mol. The van der Waals surface area contributed by atoms with E-state index in [0.29, 0.717) is 17.9 Å². The highest BCUT2D eigenvalue weighted by Gasteiger charge is 2.18. The molecule has 3 N–H and O–H groups in total. The molecule has 6 nitrogen and oxygen atoms in total. The van der Waals surface area contributed by atoms with Gasteiger partial charge in [-0.3, -0.25) is 9.48 Å². The lowest BCUT2D eigenvalue weighted by Gasteiger charge is -2.10. The molecule has 0 spiro atoms. The van der Waals surface area contributed by atoms with Gasteiger partial charge in [0.25, 0.3) is 5.91 Å². The molecule has 96 valence electrons. The van der Waals surface area contributed by atoms with E-state index in [0.717, 1.165) is 18.7 Å². The smallest absolute Gasteiger partial charge is 0.271 e. The third kappa shape index (κ3) is 3.20. The molecule has 0 aliphatic heterocycles. The zero-order valence-electron chi connectivity index (χ0n) is 10.9. The van der Waals surface area contributed by atoms with Crippen molar-refractivity contribution in [2.75, 3.05) is 32.9 Å². The summed E-state index contributed by atoms with van der Waals surface area (Å²) in [5.41, 5.74) is 7.59. The highest BCUT2D eigenvalue weighted by Crippen LogP contribution is 2.16. The Hall–Kier alpha value is -1.56. The van der Waals surface area contributed by atoms with Crippen LogP contribution in [0.3, 0.4) is 0 Å². The van der Waals surface area contributed by atoms with Crippen LogP contribution in [0.4, 0.5) is 5.69 Å². The van der Waals surface area contributed by atoms with E-state index in [1.807, 2.05) is 25.9 Å². The summed E-state index contributed by atoms with van der Waals surface area (Å²) in [5, 5.41) is 7.04. The van der Waals surface area contributed by atoms with Crippen molar-refractivity contribution in [3.63, 3.8) is 0 Å². The fourth-order valence-corrected chi connectivity index (χ4v) is 1.60. The number of amides is 1. The third-order valence-corrected chi connectivity index (χ3v) is 2.55. The first-order valence-electron chi connectivity index (χ1n) is 5.71. The summed E-state index contributed by atoms with van der Waals surface area (Å²) in [6, 6.07) is 0. The Labute approximate surface area is 102 Å². The molecule has 0 saturated carbocycles. The molecule has 0 atom stereocenters. The molecule has 1 aromatic rings. The van der Waals surface area contributed by atoms with Crippen LogP contribution in [-0.2, 0) is 13.5 Å². The van der Waals surface area contributed by atoms with Crippen LogP contribution >= 0.6 is 0 Å². The molecular formula is C11H21N5O. The summed E-state index contributed by atoms with van der Waals surface area (Å²) in [6.45, 7) is 3.36. The first-order chi connectivity index (χ1) is 7.97. The largest absolute Gasteiger partial charge is 0.395 e. The van der Waals surface area contributed by atoms with E-state index >= 15 is 0 Å². The van der Waals surface area contributed by atoms with Crippen molar-refractivity contribution in [2.45, 2.75) is 13.3 Å². The van der Waals surface area contributed by atoms with Crippen molar-refractivity contribution in [1.29, 1.82) is 0 Å². The van der Waals surface area contributed by atoms with E-state index in [4.69, 9.17) is 5.73 Å². The van der Waals surface area contributed by atoms with E-state index in [1.54, 1.807) is 11.7 Å². The van der Waals surface area contributed by atoms with E-state index in [2.05, 4.69) is 10.4 Å². The molecule has 1 aromatic heterocycles. The Morgan fingerprint density at radius 2 is 2.18 bits per heavy atom. The maximum absolute atomic E-state index is 11.9. The fraction of sp³-hybridized carbons (Fsp3) is 0.636. The second-order valence-electron chi connectivity index (χ2n) is 4.25. The average molecular weight is 239 g/mol. The van der Waals surface area contributed by atoms with E-state index < -0.39 is 0 Å². The van der Waals surface area contributed by atoms with E-state index in [9.17, 15) is 4.79 Å². The first-order valence-corrected chi connectivity index (χ1v) is 5.71. The second-order valence-corrected chi connectivity index (χ2v) is 4.25. The maximum atomic E-state index is 11.9. The molecule has 0 aliphatic rings. The van der Waals surface area contributed by atoms with Gasteiger partial charge in [0, 0.05) is 20.1 Å². The topological polar surface area (TPSA) is 76.2 Å². The van der Waals surface area contributed by atoms with Gasteiger partial charge in [0.05, 0.1) is 11.4 Å². The van der Waals surface area contributed by atoms with Crippen molar-refractivity contribution >= 4 is 11.6 Å². The Morgan fingerprint density at radius 3 is 2.65 bits per heavy atom. The van der Waals surface area contributed by atoms with Gasteiger partial charge in [0.2, 0.25) is 0 Å². The number of aromatic nitrogens is 2. The van der Waals surface area contributed by atoms with Crippen molar-refractivity contribution in [2.24, 2.45) is 7.05 Å². The minimum absolute atomic E-state index is 0.168. The normalized spacial score (nSPS) is 10.9. The van der Waals surface area contributed by atoms with Crippen molar-refractivity contribution in [3.8, 4) is 0 Å². The van der Waals surface area contributed by atoms with E-state index in [1.165, 1.54) is 0 Å². The lowest BCUT2D eigenvalue weighted by atomic mass is 10.2. The lowest BCUT2D eigenvalue weighted by Crippen LogP contribution is -2.32. The predicted molar refractivity (Wildman–Crippen MR) is 67.9 cm³/mol. The van der Waals surface area contributed by atoms with Gasteiger partial charge in [-0.15, -0.1) is 0 Å². The Kier molecular flexibility index (Phi) is 4.51. The average Bonchev–Trinajstić information content (AvgIpc) is 2.53. The molecule has 1 amide bonds. The quantitative estimate of drug-likeness (QED) is 0.749. The van der Waals surface area contributed by atoms with Gasteiger partial charge in [-0.1, -0.05) is 6.92 Å². The SMILES string of the molecule is CCc1nn(C)c(C(=O)NCCN(C)C)c1N. The maximum Gasteiger partial charge on any atom is 0.271 e. The van der Waals surface area contributed by atoms with Gasteiger partial charge in [-0.2, -0.15) is 5.10 Å². The second kappa shape index (κ2) is 5.67. The van der Waals surface area contributed by atoms with Crippen molar-refractivity contribution in [3.05, 3.63) is 11.4 Å². The van der Waals surface area contributed by atoms with Gasteiger partial charge in [-0.25, -0.2) is 0 Å². The summed E-state index contributed by atoms with van der Waals surface area (Å²) in [6.07, 6.45) is 0.727.